The number of rotatable bonds is 8. The molecule has 4 saturated carbocycles. The van der Waals surface area contributed by atoms with Crippen molar-refractivity contribution in [3.8, 4) is 0 Å². The molecular formula is C18H31NO3. The van der Waals surface area contributed by atoms with Gasteiger partial charge in [-0.15, -0.1) is 0 Å². The molecule has 0 amide bonds. The molecule has 2 unspecified atom stereocenters. The van der Waals surface area contributed by atoms with E-state index in [-0.39, 0.29) is 17.1 Å². The molecule has 0 aromatic heterocycles. The van der Waals surface area contributed by atoms with Crippen LogP contribution >= 0.6 is 0 Å². The van der Waals surface area contributed by atoms with E-state index in [4.69, 9.17) is 15.5 Å². The number of nitrogens with two attached hydrogens (primary N) is 1. The molecule has 4 fully saturated rings. The fourth-order valence-corrected chi connectivity index (χ4v) is 5.39. The highest BCUT2D eigenvalue weighted by Gasteiger charge is 2.58. The van der Waals surface area contributed by atoms with Crippen molar-refractivity contribution in [3.63, 3.8) is 0 Å². The van der Waals surface area contributed by atoms with E-state index in [2.05, 4.69) is 6.92 Å². The minimum absolute atomic E-state index is 0.0728. The van der Waals surface area contributed by atoms with E-state index in [1.807, 2.05) is 0 Å². The van der Waals surface area contributed by atoms with Gasteiger partial charge in [-0.25, -0.2) is 4.79 Å². The quantitative estimate of drug-likeness (QED) is 0.420. The number of carbonyl (C=O) groups is 1. The maximum Gasteiger partial charge on any atom is 0.342 e. The predicted molar refractivity (Wildman–Crippen MR) is 84.9 cm³/mol. The summed E-state index contributed by atoms with van der Waals surface area (Å²) in [7, 11) is 0. The largest absolute Gasteiger partial charge is 0.342 e. The molecule has 4 aliphatic rings. The average Bonchev–Trinajstić information content (AvgIpc) is 2.42. The van der Waals surface area contributed by atoms with Crippen LogP contribution in [0.2, 0.25) is 0 Å². The molecule has 0 aliphatic heterocycles. The second-order valence-corrected chi connectivity index (χ2v) is 8.21. The van der Waals surface area contributed by atoms with Crippen molar-refractivity contribution < 1.29 is 14.6 Å². The molecule has 126 valence electrons. The SMILES string of the molecule is CCCCCCCC(=O)OOC12CC3CC(CC(N)(C3)C1)C2. The van der Waals surface area contributed by atoms with Crippen LogP contribution in [0.1, 0.15) is 84.0 Å². The standard InChI is InChI=1S/C18H31NO3/c1-2-3-4-5-6-7-16(20)21-22-18-11-14-8-15(12-18)10-17(19,9-14)13-18/h14-15H,2-13,19H2,1H3. The Hall–Kier alpha value is -0.610. The van der Waals surface area contributed by atoms with Crippen LogP contribution < -0.4 is 5.73 Å². The lowest BCUT2D eigenvalue weighted by molar-refractivity contribution is -0.362. The topological polar surface area (TPSA) is 61.5 Å². The molecule has 4 nitrogen and oxygen atoms in total. The summed E-state index contributed by atoms with van der Waals surface area (Å²) in [4.78, 5) is 22.8. The number of carbonyl (C=O) groups excluding carboxylic acids is 1. The van der Waals surface area contributed by atoms with Crippen LogP contribution in [0.5, 0.6) is 0 Å². The van der Waals surface area contributed by atoms with Gasteiger partial charge in [-0.2, -0.15) is 4.89 Å². The van der Waals surface area contributed by atoms with E-state index in [1.54, 1.807) is 0 Å². The van der Waals surface area contributed by atoms with Crippen molar-refractivity contribution in [2.24, 2.45) is 17.6 Å². The molecule has 0 spiro atoms. The fourth-order valence-electron chi connectivity index (χ4n) is 5.39. The molecule has 2 atom stereocenters. The highest BCUT2D eigenvalue weighted by Crippen LogP contribution is 2.58. The lowest BCUT2D eigenvalue weighted by atomic mass is 9.51. The Labute approximate surface area is 134 Å². The lowest BCUT2D eigenvalue weighted by Crippen LogP contribution is -2.63. The summed E-state index contributed by atoms with van der Waals surface area (Å²) >= 11 is 0. The summed E-state index contributed by atoms with van der Waals surface area (Å²) in [5.41, 5.74) is 6.16. The summed E-state index contributed by atoms with van der Waals surface area (Å²) in [6, 6.07) is 0. The molecule has 0 aromatic rings. The normalized spacial score (nSPS) is 39.2. The van der Waals surface area contributed by atoms with Gasteiger partial charge in [0.25, 0.3) is 0 Å². The minimum Gasteiger partial charge on any atom is -0.325 e. The van der Waals surface area contributed by atoms with Crippen LogP contribution in [0.4, 0.5) is 0 Å². The Kier molecular flexibility index (Phi) is 4.79. The summed E-state index contributed by atoms with van der Waals surface area (Å²) in [5.74, 6) is 1.12. The van der Waals surface area contributed by atoms with Crippen LogP contribution in [0.25, 0.3) is 0 Å². The predicted octanol–water partition coefficient (Wildman–Crippen LogP) is 3.87. The molecule has 0 saturated heterocycles. The van der Waals surface area contributed by atoms with Crippen LogP contribution in [0, 0.1) is 11.8 Å². The Morgan fingerprint density at radius 2 is 1.77 bits per heavy atom. The van der Waals surface area contributed by atoms with Crippen LogP contribution in [0.15, 0.2) is 0 Å². The van der Waals surface area contributed by atoms with Crippen LogP contribution in [-0.4, -0.2) is 17.1 Å². The fraction of sp³-hybridized carbons (Fsp3) is 0.944. The zero-order valence-electron chi connectivity index (χ0n) is 13.9. The summed E-state index contributed by atoms with van der Waals surface area (Å²) in [6.45, 7) is 2.19. The highest BCUT2D eigenvalue weighted by molar-refractivity contribution is 5.68. The average molecular weight is 309 g/mol. The first kappa shape index (κ1) is 16.3. The van der Waals surface area contributed by atoms with Crippen molar-refractivity contribution in [1.82, 2.24) is 0 Å². The minimum atomic E-state index is -0.281. The molecule has 22 heavy (non-hydrogen) atoms. The van der Waals surface area contributed by atoms with Crippen molar-refractivity contribution in [2.75, 3.05) is 0 Å². The van der Waals surface area contributed by atoms with Gasteiger partial charge in [0, 0.05) is 12.0 Å². The molecule has 2 N–H and O–H groups in total. The summed E-state index contributed by atoms with van der Waals surface area (Å²) in [5, 5.41) is 0. The Morgan fingerprint density at radius 3 is 2.41 bits per heavy atom. The molecule has 4 bridgehead atoms. The van der Waals surface area contributed by atoms with Gasteiger partial charge in [0.15, 0.2) is 0 Å². The van der Waals surface area contributed by atoms with E-state index in [9.17, 15) is 4.79 Å². The van der Waals surface area contributed by atoms with Gasteiger partial charge in [-0.1, -0.05) is 32.6 Å². The third-order valence-electron chi connectivity index (χ3n) is 5.85. The van der Waals surface area contributed by atoms with E-state index in [0.717, 1.165) is 44.9 Å². The number of hydrogen-bond donors (Lipinski definition) is 1. The van der Waals surface area contributed by atoms with Gasteiger partial charge in [0.2, 0.25) is 0 Å². The maximum absolute atomic E-state index is 11.9. The van der Waals surface area contributed by atoms with E-state index >= 15 is 0 Å². The van der Waals surface area contributed by atoms with Gasteiger partial charge in [0.1, 0.15) is 5.60 Å². The van der Waals surface area contributed by atoms with Crippen molar-refractivity contribution in [3.05, 3.63) is 0 Å². The zero-order valence-corrected chi connectivity index (χ0v) is 13.9. The van der Waals surface area contributed by atoms with Gasteiger partial charge < -0.3 is 5.73 Å². The first-order valence-electron chi connectivity index (χ1n) is 9.20. The number of unbranched alkanes of at least 4 members (excludes halogenated alkanes) is 4. The summed E-state index contributed by atoms with van der Waals surface area (Å²) in [6.07, 6.45) is 12.6. The zero-order chi connectivity index (χ0) is 15.6. The van der Waals surface area contributed by atoms with Crippen molar-refractivity contribution >= 4 is 5.97 Å². The first-order valence-corrected chi connectivity index (χ1v) is 9.20. The van der Waals surface area contributed by atoms with Gasteiger partial charge in [0.05, 0.1) is 0 Å². The maximum atomic E-state index is 11.9. The second kappa shape index (κ2) is 6.48. The van der Waals surface area contributed by atoms with Gasteiger partial charge >= 0.3 is 5.97 Å². The van der Waals surface area contributed by atoms with Crippen molar-refractivity contribution in [2.45, 2.75) is 95.1 Å². The first-order chi connectivity index (χ1) is 10.5. The van der Waals surface area contributed by atoms with Crippen LogP contribution in [0.3, 0.4) is 0 Å². The molecule has 0 radical (unpaired) electrons. The lowest BCUT2D eigenvalue weighted by Gasteiger charge is -2.59. The van der Waals surface area contributed by atoms with E-state index < -0.39 is 0 Å². The van der Waals surface area contributed by atoms with E-state index in [0.29, 0.717) is 18.3 Å². The Balaban J connectivity index is 1.42. The molecule has 4 aliphatic carbocycles. The second-order valence-electron chi connectivity index (χ2n) is 8.21. The molecular weight excluding hydrogens is 278 g/mol. The number of hydrogen-bond acceptors (Lipinski definition) is 4. The molecule has 4 heteroatoms. The van der Waals surface area contributed by atoms with Gasteiger partial charge in [-0.3, -0.25) is 4.89 Å². The monoisotopic (exact) mass is 309 g/mol. The van der Waals surface area contributed by atoms with E-state index in [1.165, 1.54) is 25.7 Å². The Bertz CT molecular complexity index is 395. The third-order valence-corrected chi connectivity index (χ3v) is 5.85. The Morgan fingerprint density at radius 1 is 1.09 bits per heavy atom. The van der Waals surface area contributed by atoms with Gasteiger partial charge in [-0.05, 0) is 56.8 Å². The molecule has 4 rings (SSSR count). The molecule has 0 heterocycles. The van der Waals surface area contributed by atoms with Crippen molar-refractivity contribution in [1.29, 1.82) is 0 Å². The highest BCUT2D eigenvalue weighted by atomic mass is 17.2. The third kappa shape index (κ3) is 3.65. The van der Waals surface area contributed by atoms with Crippen LogP contribution in [-0.2, 0) is 14.6 Å². The smallest absolute Gasteiger partial charge is 0.325 e. The molecule has 0 aromatic carbocycles. The summed E-state index contributed by atoms with van der Waals surface area (Å²) < 4.78 is 0.